The van der Waals surface area contributed by atoms with Gasteiger partial charge in [-0.15, -0.1) is 0 Å². The van der Waals surface area contributed by atoms with Crippen LogP contribution < -0.4 is 0 Å². The van der Waals surface area contributed by atoms with E-state index in [2.05, 4.69) is 11.2 Å². The Bertz CT molecular complexity index is 605. The Kier molecular flexibility index (Phi) is 2.38. The minimum absolute atomic E-state index is 0.577. The molecule has 1 fully saturated rings. The standard InChI is InChI=1S/C13H10ClN3/c14-13-7-12(10-4-5-10)16-17(13)11-3-1-2-9(6-11)8-15/h1-3,6-7,10H,4-5H2. The fraction of sp³-hybridized carbons (Fsp3) is 0.231. The molecule has 3 nitrogen and oxygen atoms in total. The predicted octanol–water partition coefficient (Wildman–Crippen LogP) is 3.27. The highest BCUT2D eigenvalue weighted by Crippen LogP contribution is 2.40. The topological polar surface area (TPSA) is 41.6 Å². The number of nitrogens with zero attached hydrogens (tertiary/aromatic N) is 3. The van der Waals surface area contributed by atoms with Gasteiger partial charge in [-0.25, -0.2) is 4.68 Å². The number of hydrogen-bond donors (Lipinski definition) is 0. The van der Waals surface area contributed by atoms with Crippen molar-refractivity contribution in [2.24, 2.45) is 0 Å². The van der Waals surface area contributed by atoms with Gasteiger partial charge >= 0.3 is 0 Å². The molecule has 4 heteroatoms. The van der Waals surface area contributed by atoms with Crippen molar-refractivity contribution < 1.29 is 0 Å². The number of halogens is 1. The summed E-state index contributed by atoms with van der Waals surface area (Å²) in [6.45, 7) is 0. The predicted molar refractivity (Wildman–Crippen MR) is 65.3 cm³/mol. The number of benzene rings is 1. The highest BCUT2D eigenvalue weighted by atomic mass is 35.5. The van der Waals surface area contributed by atoms with Crippen LogP contribution in [0.1, 0.15) is 30.0 Å². The molecule has 1 aliphatic carbocycles. The molecular formula is C13H10ClN3. The average Bonchev–Trinajstić information content (AvgIpc) is 3.13. The van der Waals surface area contributed by atoms with E-state index in [1.165, 1.54) is 12.8 Å². The molecule has 0 unspecified atom stereocenters. The van der Waals surface area contributed by atoms with E-state index in [1.54, 1.807) is 16.8 Å². The summed E-state index contributed by atoms with van der Waals surface area (Å²) in [7, 11) is 0. The Morgan fingerprint density at radius 1 is 1.35 bits per heavy atom. The minimum Gasteiger partial charge on any atom is -0.222 e. The number of rotatable bonds is 2. The molecule has 1 saturated carbocycles. The van der Waals surface area contributed by atoms with Gasteiger partial charge in [-0.3, -0.25) is 0 Å². The van der Waals surface area contributed by atoms with Gasteiger partial charge in [0.15, 0.2) is 0 Å². The van der Waals surface area contributed by atoms with Crippen molar-refractivity contribution in [3.8, 4) is 11.8 Å². The van der Waals surface area contributed by atoms with Gasteiger partial charge in [-0.2, -0.15) is 10.4 Å². The van der Waals surface area contributed by atoms with Crippen LogP contribution in [0.3, 0.4) is 0 Å². The van der Waals surface area contributed by atoms with Crippen LogP contribution in [0.4, 0.5) is 0 Å². The molecule has 0 bridgehead atoms. The summed E-state index contributed by atoms with van der Waals surface area (Å²) in [6.07, 6.45) is 2.40. The van der Waals surface area contributed by atoms with Gasteiger partial charge in [0.25, 0.3) is 0 Å². The molecule has 1 heterocycles. The molecule has 0 amide bonds. The molecule has 3 rings (SSSR count). The highest BCUT2D eigenvalue weighted by Gasteiger charge is 2.27. The van der Waals surface area contributed by atoms with Crippen molar-refractivity contribution in [1.29, 1.82) is 5.26 Å². The fourth-order valence-electron chi connectivity index (χ4n) is 1.84. The van der Waals surface area contributed by atoms with E-state index in [0.29, 0.717) is 16.6 Å². The van der Waals surface area contributed by atoms with Crippen LogP contribution in [0, 0.1) is 11.3 Å². The molecule has 2 aromatic rings. The van der Waals surface area contributed by atoms with Crippen LogP contribution in [0.25, 0.3) is 5.69 Å². The molecule has 0 spiro atoms. The molecule has 0 aliphatic heterocycles. The van der Waals surface area contributed by atoms with Gasteiger partial charge in [0.05, 0.1) is 23.0 Å². The number of hydrogen-bond acceptors (Lipinski definition) is 2. The third-order valence-electron chi connectivity index (χ3n) is 2.90. The van der Waals surface area contributed by atoms with Crippen molar-refractivity contribution in [3.63, 3.8) is 0 Å². The first kappa shape index (κ1) is 10.4. The molecule has 0 atom stereocenters. The maximum Gasteiger partial charge on any atom is 0.133 e. The second-order valence-electron chi connectivity index (χ2n) is 4.24. The quantitative estimate of drug-likeness (QED) is 0.812. The molecule has 0 N–H and O–H groups in total. The summed E-state index contributed by atoms with van der Waals surface area (Å²) in [6, 6.07) is 11.3. The lowest BCUT2D eigenvalue weighted by molar-refractivity contribution is 0.837. The Balaban J connectivity index is 2.05. The third kappa shape index (κ3) is 1.92. The smallest absolute Gasteiger partial charge is 0.133 e. The highest BCUT2D eigenvalue weighted by molar-refractivity contribution is 6.29. The van der Waals surface area contributed by atoms with Gasteiger partial charge in [0.1, 0.15) is 5.15 Å². The van der Waals surface area contributed by atoms with E-state index in [0.717, 1.165) is 11.4 Å². The van der Waals surface area contributed by atoms with Gasteiger partial charge in [-0.05, 0) is 37.1 Å². The molecular weight excluding hydrogens is 234 g/mol. The molecule has 0 radical (unpaired) electrons. The van der Waals surface area contributed by atoms with Crippen LogP contribution in [0.2, 0.25) is 5.15 Å². The maximum atomic E-state index is 8.87. The van der Waals surface area contributed by atoms with E-state index >= 15 is 0 Å². The SMILES string of the molecule is N#Cc1cccc(-n2nc(C3CC3)cc2Cl)c1. The van der Waals surface area contributed by atoms with Crippen LogP contribution in [-0.4, -0.2) is 9.78 Å². The first-order valence-electron chi connectivity index (χ1n) is 5.54. The fourth-order valence-corrected chi connectivity index (χ4v) is 2.09. The van der Waals surface area contributed by atoms with Crippen LogP contribution in [0.5, 0.6) is 0 Å². The Morgan fingerprint density at radius 2 is 2.18 bits per heavy atom. The zero-order valence-corrected chi connectivity index (χ0v) is 9.85. The van der Waals surface area contributed by atoms with E-state index < -0.39 is 0 Å². The molecule has 0 saturated heterocycles. The molecule has 1 aliphatic rings. The van der Waals surface area contributed by atoms with Crippen molar-refractivity contribution in [2.75, 3.05) is 0 Å². The summed E-state index contributed by atoms with van der Waals surface area (Å²) in [4.78, 5) is 0. The summed E-state index contributed by atoms with van der Waals surface area (Å²) >= 11 is 6.16. The van der Waals surface area contributed by atoms with E-state index in [-0.39, 0.29) is 0 Å². The molecule has 1 aromatic carbocycles. The monoisotopic (exact) mass is 243 g/mol. The van der Waals surface area contributed by atoms with E-state index in [9.17, 15) is 0 Å². The van der Waals surface area contributed by atoms with Crippen molar-refractivity contribution in [2.45, 2.75) is 18.8 Å². The molecule has 1 aromatic heterocycles. The summed E-state index contributed by atoms with van der Waals surface area (Å²) in [5.41, 5.74) is 2.50. The largest absolute Gasteiger partial charge is 0.222 e. The van der Waals surface area contributed by atoms with Crippen LogP contribution in [0.15, 0.2) is 30.3 Å². The third-order valence-corrected chi connectivity index (χ3v) is 3.17. The Labute approximate surface area is 104 Å². The number of nitriles is 1. The van der Waals surface area contributed by atoms with Crippen molar-refractivity contribution in [3.05, 3.63) is 46.7 Å². The minimum atomic E-state index is 0.577. The molecule has 84 valence electrons. The van der Waals surface area contributed by atoms with E-state index in [4.69, 9.17) is 16.9 Å². The average molecular weight is 244 g/mol. The van der Waals surface area contributed by atoms with E-state index in [1.807, 2.05) is 18.2 Å². The summed E-state index contributed by atoms with van der Waals surface area (Å²) < 4.78 is 1.69. The molecule has 17 heavy (non-hydrogen) atoms. The zero-order valence-electron chi connectivity index (χ0n) is 9.10. The number of aromatic nitrogens is 2. The van der Waals surface area contributed by atoms with Gasteiger partial charge in [0.2, 0.25) is 0 Å². The van der Waals surface area contributed by atoms with Crippen molar-refractivity contribution >= 4 is 11.6 Å². The lowest BCUT2D eigenvalue weighted by Gasteiger charge is -2.02. The van der Waals surface area contributed by atoms with Crippen LogP contribution >= 0.6 is 11.6 Å². The van der Waals surface area contributed by atoms with Gasteiger partial charge in [0, 0.05) is 5.92 Å². The zero-order chi connectivity index (χ0) is 11.8. The summed E-state index contributed by atoms with van der Waals surface area (Å²) in [5.74, 6) is 0.577. The first-order chi connectivity index (χ1) is 8.28. The lowest BCUT2D eigenvalue weighted by Crippen LogP contribution is -1.97. The van der Waals surface area contributed by atoms with Crippen LogP contribution in [-0.2, 0) is 0 Å². The Hall–Kier alpha value is -1.79. The lowest BCUT2D eigenvalue weighted by atomic mass is 10.2. The summed E-state index contributed by atoms with van der Waals surface area (Å²) in [5, 5.41) is 14.0. The second-order valence-corrected chi connectivity index (χ2v) is 4.63. The van der Waals surface area contributed by atoms with Gasteiger partial charge in [-0.1, -0.05) is 17.7 Å². The van der Waals surface area contributed by atoms with Gasteiger partial charge < -0.3 is 0 Å². The maximum absolute atomic E-state index is 8.87. The first-order valence-corrected chi connectivity index (χ1v) is 5.92. The normalized spacial score (nSPS) is 14.6. The van der Waals surface area contributed by atoms with Crippen molar-refractivity contribution in [1.82, 2.24) is 9.78 Å². The Morgan fingerprint density at radius 3 is 2.88 bits per heavy atom. The second kappa shape index (κ2) is 3.90.